The van der Waals surface area contributed by atoms with Crippen molar-refractivity contribution < 1.29 is 0 Å². The molecule has 0 aliphatic carbocycles. The predicted molar refractivity (Wildman–Crippen MR) is 31.2 cm³/mol. The van der Waals surface area contributed by atoms with Crippen LogP contribution in [0.4, 0.5) is 0 Å². The van der Waals surface area contributed by atoms with Crippen LogP contribution < -0.4 is 0 Å². The zero-order valence-electron chi connectivity index (χ0n) is 4.39. The fourth-order valence-electron chi connectivity index (χ4n) is 0.496. The lowest BCUT2D eigenvalue weighted by Crippen LogP contribution is -1.84. The highest BCUT2D eigenvalue weighted by Crippen LogP contribution is 2.03. The highest BCUT2D eigenvalue weighted by Gasteiger charge is 1.98. The molecule has 0 aromatic heterocycles. The van der Waals surface area contributed by atoms with Crippen molar-refractivity contribution in [3.8, 4) is 0 Å². The van der Waals surface area contributed by atoms with Gasteiger partial charge in [0.15, 0.2) is 0 Å². The van der Waals surface area contributed by atoms with Crippen LogP contribution in [-0.2, 0) is 0 Å². The summed E-state index contributed by atoms with van der Waals surface area (Å²) in [5.41, 5.74) is 1.38. The topological polar surface area (TPSA) is 12.4 Å². The number of allylic oxidation sites excluding steroid dienone is 1. The third-order valence-corrected chi connectivity index (χ3v) is 0.964. The highest BCUT2D eigenvalue weighted by atomic mass is 14.7. The van der Waals surface area contributed by atoms with Gasteiger partial charge in [0.1, 0.15) is 12.8 Å². The minimum Gasteiger partial charge on any atom is -0.140 e. The molecule has 0 aromatic rings. The molecular formula is C6H8N+. The molecule has 0 spiro atoms. The maximum atomic E-state index is 3.90. The molecule has 1 aliphatic rings. The van der Waals surface area contributed by atoms with Gasteiger partial charge in [0.2, 0.25) is 0 Å². The van der Waals surface area contributed by atoms with Gasteiger partial charge in [0.25, 0.3) is 0 Å². The molecule has 0 N–H and O–H groups in total. The van der Waals surface area contributed by atoms with Crippen LogP contribution in [0.25, 0.3) is 0 Å². The summed E-state index contributed by atoms with van der Waals surface area (Å²) in [6.45, 7) is 3.92. The summed E-state index contributed by atoms with van der Waals surface area (Å²) in [5, 5.41) is 0. The van der Waals surface area contributed by atoms with Crippen LogP contribution in [0.5, 0.6) is 0 Å². The molecule has 0 bridgehead atoms. The Morgan fingerprint density at radius 2 is 2.71 bits per heavy atom. The first kappa shape index (κ1) is 4.44. The van der Waals surface area contributed by atoms with E-state index in [-0.39, 0.29) is 0 Å². The van der Waals surface area contributed by atoms with Gasteiger partial charge in [-0.2, -0.15) is 0 Å². The summed E-state index contributed by atoms with van der Waals surface area (Å²) in [7, 11) is 0. The summed E-state index contributed by atoms with van der Waals surface area (Å²) in [6.07, 6.45) is 4.96. The quantitative estimate of drug-likeness (QED) is 0.404. The maximum absolute atomic E-state index is 3.90. The van der Waals surface area contributed by atoms with Crippen molar-refractivity contribution in [3.05, 3.63) is 18.2 Å². The van der Waals surface area contributed by atoms with Crippen LogP contribution in [0, 0.1) is 6.54 Å². The molecule has 1 heteroatoms. The molecule has 0 radical (unpaired) electrons. The Bertz CT molecular complexity index is 111. The fourth-order valence-corrected chi connectivity index (χ4v) is 0.496. The fraction of sp³-hybridized carbons (Fsp3) is 0.333. The van der Waals surface area contributed by atoms with Gasteiger partial charge in [-0.3, -0.25) is 0 Å². The van der Waals surface area contributed by atoms with Crippen LogP contribution in [0.1, 0.15) is 13.3 Å². The minimum atomic E-state index is 1.02. The van der Waals surface area contributed by atoms with Gasteiger partial charge < -0.3 is 0 Å². The number of hydrogen-bond acceptors (Lipinski definition) is 1. The van der Waals surface area contributed by atoms with E-state index in [1.165, 1.54) is 5.57 Å². The largest absolute Gasteiger partial charge is 0.140 e. The first-order valence-corrected chi connectivity index (χ1v) is 2.40. The summed E-state index contributed by atoms with van der Waals surface area (Å²) >= 11 is 0. The Morgan fingerprint density at radius 1 is 1.86 bits per heavy atom. The summed E-state index contributed by atoms with van der Waals surface area (Å²) < 4.78 is 0. The number of nitrogens with zero attached hydrogens (tertiary/aromatic N) is 1. The molecule has 1 nitrogen and oxygen atoms in total. The molecule has 0 aromatic carbocycles. The van der Waals surface area contributed by atoms with Gasteiger partial charge in [-0.1, -0.05) is 0 Å². The van der Waals surface area contributed by atoms with E-state index in [4.69, 9.17) is 0 Å². The first-order valence-electron chi connectivity index (χ1n) is 2.40. The van der Waals surface area contributed by atoms with Crippen molar-refractivity contribution in [1.29, 1.82) is 0 Å². The monoisotopic (exact) mass is 94.1 g/mol. The van der Waals surface area contributed by atoms with Crippen molar-refractivity contribution in [3.63, 3.8) is 0 Å². The van der Waals surface area contributed by atoms with Crippen molar-refractivity contribution in [2.45, 2.75) is 13.3 Å². The van der Waals surface area contributed by atoms with Crippen LogP contribution in [0.3, 0.4) is 0 Å². The van der Waals surface area contributed by atoms with Crippen molar-refractivity contribution in [2.24, 2.45) is 4.99 Å². The SMILES string of the molecule is CC1=C[CH+]N=CC1. The van der Waals surface area contributed by atoms with Crippen LogP contribution >= 0.6 is 0 Å². The third kappa shape index (κ3) is 1.07. The standard InChI is InChI=1S/C6H8N/c1-6-2-4-7-5-3-6/h2,4-5H,3H2,1H3/q+1. The highest BCUT2D eigenvalue weighted by molar-refractivity contribution is 5.63. The minimum absolute atomic E-state index is 1.02. The molecule has 36 valence electrons. The van der Waals surface area contributed by atoms with E-state index in [1.807, 2.05) is 18.8 Å². The normalized spacial score (nSPS) is 18.1. The lowest BCUT2D eigenvalue weighted by Gasteiger charge is -1.87. The number of dihydropyridines is 1. The van der Waals surface area contributed by atoms with Gasteiger partial charge in [-0.15, -0.1) is 4.99 Å². The molecule has 0 atom stereocenters. The average Bonchev–Trinajstić information content (AvgIpc) is 1.69. The summed E-state index contributed by atoms with van der Waals surface area (Å²) in [6, 6.07) is 0. The van der Waals surface area contributed by atoms with Gasteiger partial charge in [0.05, 0.1) is 12.5 Å². The molecule has 0 unspecified atom stereocenters. The van der Waals surface area contributed by atoms with E-state index in [1.54, 1.807) is 0 Å². The molecule has 1 rings (SSSR count). The summed E-state index contributed by atoms with van der Waals surface area (Å²) in [4.78, 5) is 3.90. The number of hydrogen-bond donors (Lipinski definition) is 0. The Hall–Kier alpha value is -0.720. The van der Waals surface area contributed by atoms with Crippen LogP contribution in [0.15, 0.2) is 16.6 Å². The lowest BCUT2D eigenvalue weighted by molar-refractivity contribution is 1.20. The van der Waals surface area contributed by atoms with E-state index in [2.05, 4.69) is 11.9 Å². The van der Waals surface area contributed by atoms with E-state index < -0.39 is 0 Å². The zero-order valence-corrected chi connectivity index (χ0v) is 4.39. The van der Waals surface area contributed by atoms with E-state index in [0.29, 0.717) is 0 Å². The Kier molecular flexibility index (Phi) is 1.16. The number of aliphatic imine (C=N–C) groups is 1. The second-order valence-corrected chi connectivity index (χ2v) is 1.70. The Labute approximate surface area is 43.8 Å². The molecule has 1 aliphatic heterocycles. The molecule has 7 heavy (non-hydrogen) atoms. The summed E-state index contributed by atoms with van der Waals surface area (Å²) in [5.74, 6) is 0. The molecule has 0 fully saturated rings. The zero-order chi connectivity index (χ0) is 5.11. The Balaban J connectivity index is 2.50. The van der Waals surface area contributed by atoms with Crippen LogP contribution in [0.2, 0.25) is 0 Å². The van der Waals surface area contributed by atoms with E-state index in [0.717, 1.165) is 6.42 Å². The molecular weight excluding hydrogens is 86.1 g/mol. The predicted octanol–water partition coefficient (Wildman–Crippen LogP) is 1.57. The van der Waals surface area contributed by atoms with Gasteiger partial charge in [-0.05, 0) is 0 Å². The third-order valence-electron chi connectivity index (χ3n) is 0.964. The van der Waals surface area contributed by atoms with Gasteiger partial charge in [-0.25, -0.2) is 0 Å². The van der Waals surface area contributed by atoms with Gasteiger partial charge >= 0.3 is 0 Å². The molecule has 0 amide bonds. The van der Waals surface area contributed by atoms with Crippen LogP contribution in [-0.4, -0.2) is 6.21 Å². The van der Waals surface area contributed by atoms with Gasteiger partial charge in [0, 0.05) is 12.5 Å². The molecule has 0 saturated carbocycles. The second-order valence-electron chi connectivity index (χ2n) is 1.70. The Morgan fingerprint density at radius 3 is 3.00 bits per heavy atom. The van der Waals surface area contributed by atoms with Crippen molar-refractivity contribution in [2.75, 3.05) is 0 Å². The lowest BCUT2D eigenvalue weighted by atomic mass is 10.2. The van der Waals surface area contributed by atoms with Crippen molar-refractivity contribution in [1.82, 2.24) is 0 Å². The van der Waals surface area contributed by atoms with E-state index >= 15 is 0 Å². The smallest absolute Gasteiger partial charge is 0.132 e. The maximum Gasteiger partial charge on any atom is 0.132 e. The molecule has 1 heterocycles. The first-order chi connectivity index (χ1) is 3.39. The van der Waals surface area contributed by atoms with E-state index in [9.17, 15) is 0 Å². The average molecular weight is 94.1 g/mol. The number of rotatable bonds is 0. The second kappa shape index (κ2) is 1.82. The van der Waals surface area contributed by atoms with Crippen molar-refractivity contribution >= 4 is 6.21 Å². The molecule has 0 saturated heterocycles.